The number of hydrogen-bond acceptors (Lipinski definition) is 5. The van der Waals surface area contributed by atoms with E-state index in [0.29, 0.717) is 32.1 Å². The maximum Gasteiger partial charge on any atom is 0.412 e. The second-order valence-corrected chi connectivity index (χ2v) is 8.65. The molecule has 8 heteroatoms. The summed E-state index contributed by atoms with van der Waals surface area (Å²) in [5, 5.41) is 10.5. The number of amides is 1. The highest BCUT2D eigenvalue weighted by molar-refractivity contribution is 5.88. The Kier molecular flexibility index (Phi) is 8.79. The molecular weight excluding hydrogens is 439 g/mol. The van der Waals surface area contributed by atoms with Crippen molar-refractivity contribution < 1.29 is 28.5 Å². The Bertz CT molecular complexity index is 1080. The zero-order valence-electron chi connectivity index (χ0n) is 19.8. The van der Waals surface area contributed by atoms with E-state index in [2.05, 4.69) is 0 Å². The van der Waals surface area contributed by atoms with Crippen molar-refractivity contribution in [2.45, 2.75) is 26.3 Å². The van der Waals surface area contributed by atoms with E-state index in [-0.39, 0.29) is 6.61 Å². The van der Waals surface area contributed by atoms with Crippen LogP contribution in [0.25, 0.3) is 22.2 Å². The summed E-state index contributed by atoms with van der Waals surface area (Å²) in [6, 6.07) is 17.0. The third-order valence-electron chi connectivity index (χ3n) is 5.03. The van der Waals surface area contributed by atoms with Gasteiger partial charge >= 0.3 is 6.09 Å². The van der Waals surface area contributed by atoms with Gasteiger partial charge in [-0.2, -0.15) is 0 Å². The summed E-state index contributed by atoms with van der Waals surface area (Å²) in [7, 11) is 0. The summed E-state index contributed by atoms with van der Waals surface area (Å²) < 4.78 is 28.0. The normalized spacial score (nSPS) is 11.5. The van der Waals surface area contributed by atoms with Crippen LogP contribution >= 0.6 is 0 Å². The van der Waals surface area contributed by atoms with Crippen LogP contribution in [0.1, 0.15) is 20.8 Å². The number of alkyl halides is 1. The molecule has 3 aromatic rings. The van der Waals surface area contributed by atoms with Gasteiger partial charge in [-0.3, -0.25) is 4.90 Å². The largest absolute Gasteiger partial charge is 0.491 e. The lowest BCUT2D eigenvalue weighted by Gasteiger charge is -2.33. The number of carbonyl (C=O) groups is 1. The summed E-state index contributed by atoms with van der Waals surface area (Å²) in [5.41, 5.74) is 2.59. The van der Waals surface area contributed by atoms with Crippen LogP contribution in [0.4, 0.5) is 14.9 Å². The molecule has 0 aliphatic carbocycles. The van der Waals surface area contributed by atoms with Crippen LogP contribution in [0, 0.1) is 0 Å². The van der Waals surface area contributed by atoms with Crippen LogP contribution in [-0.4, -0.2) is 61.4 Å². The van der Waals surface area contributed by atoms with Crippen molar-refractivity contribution in [1.29, 1.82) is 0 Å². The van der Waals surface area contributed by atoms with E-state index in [4.69, 9.17) is 19.2 Å². The zero-order chi connectivity index (χ0) is 24.6. The van der Waals surface area contributed by atoms with E-state index in [1.165, 1.54) is 4.90 Å². The lowest BCUT2D eigenvalue weighted by Crippen LogP contribution is -2.45. The second-order valence-electron chi connectivity index (χ2n) is 8.65. The number of halogens is 1. The smallest absolute Gasteiger partial charge is 0.412 e. The van der Waals surface area contributed by atoms with Crippen LogP contribution in [0.2, 0.25) is 0 Å². The number of rotatable bonds is 11. The molecular formula is C26H31FN2O5. The van der Waals surface area contributed by atoms with E-state index < -0.39 is 18.3 Å². The molecule has 34 heavy (non-hydrogen) atoms. The highest BCUT2D eigenvalue weighted by Crippen LogP contribution is 2.28. The minimum atomic E-state index is -0.990. The van der Waals surface area contributed by atoms with E-state index >= 15 is 0 Å². The number of fused-ring (bicyclic) bond motifs is 1. The molecule has 0 saturated heterocycles. The summed E-state index contributed by atoms with van der Waals surface area (Å²) in [6.45, 7) is 6.76. The number of nitrogens with zero attached hydrogens (tertiary/aromatic N) is 2. The Hall–Kier alpha value is -3.23. The maximum absolute atomic E-state index is 11.9. The molecule has 0 fully saturated rings. The molecule has 1 amide bonds. The summed E-state index contributed by atoms with van der Waals surface area (Å²) in [4.78, 5) is 17.8. The minimum absolute atomic E-state index is 0.0958. The Balaban J connectivity index is 1.62. The van der Waals surface area contributed by atoms with Gasteiger partial charge in [0.1, 0.15) is 19.0 Å². The van der Waals surface area contributed by atoms with Crippen molar-refractivity contribution in [3.63, 3.8) is 0 Å². The molecule has 1 aromatic heterocycles. The number of benzene rings is 2. The predicted octanol–water partition coefficient (Wildman–Crippen LogP) is 5.57. The zero-order valence-corrected chi connectivity index (χ0v) is 19.8. The van der Waals surface area contributed by atoms with Gasteiger partial charge in [-0.15, -0.1) is 0 Å². The number of pyridine rings is 1. The van der Waals surface area contributed by atoms with Gasteiger partial charge in [0.15, 0.2) is 0 Å². The molecule has 3 rings (SSSR count). The average Bonchev–Trinajstić information content (AvgIpc) is 2.80. The van der Waals surface area contributed by atoms with Crippen molar-refractivity contribution >= 4 is 22.7 Å². The fraction of sp³-hybridized carbons (Fsp3) is 0.385. The standard InChI is InChI=1S/C26H31FN2O5/c1-26(2,3)29(25(30)31)21-7-4-19(5-8-21)23-10-6-20-18-22(9-11-24(20)28-23)34-17-16-33-15-14-32-13-12-27/h4-11,18H,12-17H2,1-3H3,(H,30,31). The number of aromatic nitrogens is 1. The Morgan fingerprint density at radius 3 is 2.26 bits per heavy atom. The van der Waals surface area contributed by atoms with Gasteiger partial charge in [-0.1, -0.05) is 18.2 Å². The molecule has 0 saturated carbocycles. The summed E-state index contributed by atoms with van der Waals surface area (Å²) in [5.74, 6) is 0.722. The number of ether oxygens (including phenoxy) is 3. The van der Waals surface area contributed by atoms with Crippen molar-refractivity contribution in [3.05, 3.63) is 54.6 Å². The van der Waals surface area contributed by atoms with Crippen molar-refractivity contribution in [1.82, 2.24) is 4.98 Å². The van der Waals surface area contributed by atoms with Crippen molar-refractivity contribution in [2.75, 3.05) is 44.6 Å². The molecule has 0 radical (unpaired) electrons. The number of anilines is 1. The van der Waals surface area contributed by atoms with Crippen molar-refractivity contribution in [2.24, 2.45) is 0 Å². The Labute approximate surface area is 199 Å². The maximum atomic E-state index is 11.9. The van der Waals surface area contributed by atoms with E-state index in [0.717, 1.165) is 27.9 Å². The molecule has 0 spiro atoms. The first-order valence-corrected chi connectivity index (χ1v) is 11.2. The first-order chi connectivity index (χ1) is 16.3. The van der Waals surface area contributed by atoms with Crippen LogP contribution in [-0.2, 0) is 9.47 Å². The van der Waals surface area contributed by atoms with Gasteiger partial charge < -0.3 is 19.3 Å². The molecule has 0 aliphatic rings. The van der Waals surface area contributed by atoms with Crippen LogP contribution in [0.5, 0.6) is 5.75 Å². The molecule has 1 N–H and O–H groups in total. The predicted molar refractivity (Wildman–Crippen MR) is 131 cm³/mol. The van der Waals surface area contributed by atoms with Gasteiger partial charge in [-0.05, 0) is 57.2 Å². The molecule has 0 unspecified atom stereocenters. The topological polar surface area (TPSA) is 81.1 Å². The molecule has 182 valence electrons. The second kappa shape index (κ2) is 11.8. The molecule has 0 atom stereocenters. The fourth-order valence-electron chi connectivity index (χ4n) is 3.52. The van der Waals surface area contributed by atoms with Crippen LogP contribution < -0.4 is 9.64 Å². The molecule has 0 aliphatic heterocycles. The average molecular weight is 471 g/mol. The lowest BCUT2D eigenvalue weighted by molar-refractivity contribution is 0.0325. The third-order valence-corrected chi connectivity index (χ3v) is 5.03. The van der Waals surface area contributed by atoms with Crippen LogP contribution in [0.3, 0.4) is 0 Å². The first-order valence-electron chi connectivity index (χ1n) is 11.2. The minimum Gasteiger partial charge on any atom is -0.491 e. The Morgan fingerprint density at radius 1 is 0.941 bits per heavy atom. The van der Waals surface area contributed by atoms with Gasteiger partial charge in [0.2, 0.25) is 0 Å². The first kappa shape index (κ1) is 25.4. The van der Waals surface area contributed by atoms with Gasteiger partial charge in [0.25, 0.3) is 0 Å². The number of carboxylic acid groups (broad SMARTS) is 1. The Morgan fingerprint density at radius 2 is 1.62 bits per heavy atom. The van der Waals surface area contributed by atoms with Gasteiger partial charge in [0, 0.05) is 22.2 Å². The summed E-state index contributed by atoms with van der Waals surface area (Å²) >= 11 is 0. The molecule has 7 nitrogen and oxygen atoms in total. The summed E-state index contributed by atoms with van der Waals surface area (Å²) in [6.07, 6.45) is -0.990. The van der Waals surface area contributed by atoms with E-state index in [1.807, 2.05) is 63.2 Å². The highest BCUT2D eigenvalue weighted by Gasteiger charge is 2.27. The SMILES string of the molecule is CC(C)(C)N(C(=O)O)c1ccc(-c2ccc3cc(OCCOCCOCCF)ccc3n2)cc1. The quantitative estimate of drug-likeness (QED) is 0.369. The van der Waals surface area contributed by atoms with Crippen LogP contribution in [0.15, 0.2) is 54.6 Å². The third kappa shape index (κ3) is 6.88. The number of hydrogen-bond donors (Lipinski definition) is 1. The molecule has 1 heterocycles. The van der Waals surface area contributed by atoms with Gasteiger partial charge in [0.05, 0.1) is 37.6 Å². The fourth-order valence-corrected chi connectivity index (χ4v) is 3.52. The van der Waals surface area contributed by atoms with E-state index in [9.17, 15) is 14.3 Å². The highest BCUT2D eigenvalue weighted by atomic mass is 19.1. The monoisotopic (exact) mass is 470 g/mol. The van der Waals surface area contributed by atoms with Gasteiger partial charge in [-0.25, -0.2) is 14.2 Å². The molecule has 2 aromatic carbocycles. The molecule has 0 bridgehead atoms. The van der Waals surface area contributed by atoms with E-state index in [1.54, 1.807) is 12.1 Å². The lowest BCUT2D eigenvalue weighted by atomic mass is 10.0. The van der Waals surface area contributed by atoms with Crippen molar-refractivity contribution in [3.8, 4) is 17.0 Å².